The third-order valence-electron chi connectivity index (χ3n) is 4.79. The summed E-state index contributed by atoms with van der Waals surface area (Å²) in [5.74, 6) is 0.0685. The fraction of sp³-hybridized carbons (Fsp3) is 0.684. The number of amides is 1. The summed E-state index contributed by atoms with van der Waals surface area (Å²) < 4.78 is 17.1. The molecule has 0 spiro atoms. The summed E-state index contributed by atoms with van der Waals surface area (Å²) in [6.07, 6.45) is 7.22. The zero-order valence-corrected chi connectivity index (χ0v) is 14.8. The van der Waals surface area contributed by atoms with Crippen molar-refractivity contribution in [2.45, 2.75) is 50.9 Å². The maximum Gasteiger partial charge on any atom is 0.248 e. The first-order chi connectivity index (χ1) is 12.3. The van der Waals surface area contributed by atoms with Gasteiger partial charge in [0, 0.05) is 25.9 Å². The van der Waals surface area contributed by atoms with Gasteiger partial charge in [-0.15, -0.1) is 0 Å². The normalized spacial score (nSPS) is 22.1. The molecule has 1 amide bonds. The minimum Gasteiger partial charge on any atom is -0.376 e. The smallest absolute Gasteiger partial charge is 0.248 e. The largest absolute Gasteiger partial charge is 0.376 e. The van der Waals surface area contributed by atoms with E-state index in [-0.39, 0.29) is 24.7 Å². The number of carbonyl (C=O) groups is 1. The third kappa shape index (κ3) is 6.06. The highest BCUT2D eigenvalue weighted by atomic mass is 16.5. The minimum atomic E-state index is 0.0685. The van der Waals surface area contributed by atoms with E-state index < -0.39 is 0 Å². The van der Waals surface area contributed by atoms with Crippen molar-refractivity contribution in [3.63, 3.8) is 0 Å². The average Bonchev–Trinajstić information content (AvgIpc) is 2.68. The van der Waals surface area contributed by atoms with Crippen LogP contribution in [0.3, 0.4) is 0 Å². The van der Waals surface area contributed by atoms with E-state index in [2.05, 4.69) is 4.98 Å². The summed E-state index contributed by atoms with van der Waals surface area (Å²) in [6, 6.07) is 5.83. The van der Waals surface area contributed by atoms with Gasteiger partial charge >= 0.3 is 0 Å². The number of aromatic nitrogens is 1. The molecule has 2 aliphatic heterocycles. The maximum absolute atomic E-state index is 12.2. The zero-order chi connectivity index (χ0) is 17.3. The van der Waals surface area contributed by atoms with Gasteiger partial charge in [-0.25, -0.2) is 0 Å². The molecule has 1 aromatic rings. The molecule has 0 saturated carbocycles. The third-order valence-corrected chi connectivity index (χ3v) is 4.79. The van der Waals surface area contributed by atoms with Crippen LogP contribution in [0.15, 0.2) is 24.4 Å². The molecule has 2 aliphatic rings. The van der Waals surface area contributed by atoms with Gasteiger partial charge in [0.25, 0.3) is 0 Å². The summed E-state index contributed by atoms with van der Waals surface area (Å²) in [5, 5.41) is 0. The summed E-state index contributed by atoms with van der Waals surface area (Å²) in [6.45, 7) is 3.48. The van der Waals surface area contributed by atoms with E-state index in [0.29, 0.717) is 13.2 Å². The molecule has 25 heavy (non-hydrogen) atoms. The predicted octanol–water partition coefficient (Wildman–Crippen LogP) is 2.17. The van der Waals surface area contributed by atoms with Gasteiger partial charge in [-0.2, -0.15) is 0 Å². The van der Waals surface area contributed by atoms with Crippen molar-refractivity contribution in [2.75, 3.05) is 32.9 Å². The van der Waals surface area contributed by atoms with Crippen LogP contribution < -0.4 is 0 Å². The fourth-order valence-electron chi connectivity index (χ4n) is 3.27. The lowest BCUT2D eigenvalue weighted by Gasteiger charge is -2.32. The molecule has 0 radical (unpaired) electrons. The fourth-order valence-corrected chi connectivity index (χ4v) is 3.27. The Morgan fingerprint density at radius 3 is 2.84 bits per heavy atom. The van der Waals surface area contributed by atoms with Crippen molar-refractivity contribution in [1.82, 2.24) is 9.88 Å². The Morgan fingerprint density at radius 2 is 2.12 bits per heavy atom. The first-order valence-corrected chi connectivity index (χ1v) is 9.30. The molecule has 1 atom stereocenters. The van der Waals surface area contributed by atoms with Crippen LogP contribution in [-0.2, 0) is 25.6 Å². The Bertz CT molecular complexity index is 511. The number of piperidine rings is 1. The minimum absolute atomic E-state index is 0.0685. The quantitative estimate of drug-likeness (QED) is 0.756. The van der Waals surface area contributed by atoms with E-state index in [1.54, 1.807) is 6.20 Å². The molecule has 0 aliphatic carbocycles. The van der Waals surface area contributed by atoms with E-state index >= 15 is 0 Å². The second kappa shape index (κ2) is 9.85. The average molecular weight is 348 g/mol. The first kappa shape index (κ1) is 18.3. The molecule has 0 bridgehead atoms. The van der Waals surface area contributed by atoms with Gasteiger partial charge in [-0.1, -0.05) is 6.07 Å². The molecule has 0 N–H and O–H groups in total. The molecule has 138 valence electrons. The molecule has 3 rings (SSSR count). The van der Waals surface area contributed by atoms with Crippen molar-refractivity contribution >= 4 is 5.91 Å². The summed E-state index contributed by atoms with van der Waals surface area (Å²) in [7, 11) is 0. The van der Waals surface area contributed by atoms with Gasteiger partial charge < -0.3 is 19.1 Å². The van der Waals surface area contributed by atoms with E-state index in [1.807, 2.05) is 23.1 Å². The van der Waals surface area contributed by atoms with Gasteiger partial charge in [0.1, 0.15) is 6.61 Å². The molecule has 0 unspecified atom stereocenters. The Balaban J connectivity index is 1.29. The number of ether oxygens (including phenoxy) is 3. The van der Waals surface area contributed by atoms with Crippen LogP contribution in [-0.4, -0.2) is 60.9 Å². The van der Waals surface area contributed by atoms with Gasteiger partial charge in [0.15, 0.2) is 0 Å². The molecule has 1 aromatic heterocycles. The summed E-state index contributed by atoms with van der Waals surface area (Å²) >= 11 is 0. The van der Waals surface area contributed by atoms with E-state index in [1.165, 1.54) is 6.42 Å². The second-order valence-corrected chi connectivity index (χ2v) is 6.72. The van der Waals surface area contributed by atoms with Crippen LogP contribution in [0, 0.1) is 0 Å². The van der Waals surface area contributed by atoms with Crippen LogP contribution in [0.25, 0.3) is 0 Å². The Labute approximate surface area is 149 Å². The predicted molar refractivity (Wildman–Crippen MR) is 93.0 cm³/mol. The Morgan fingerprint density at radius 1 is 1.24 bits per heavy atom. The van der Waals surface area contributed by atoms with Crippen molar-refractivity contribution in [3.8, 4) is 0 Å². The number of pyridine rings is 1. The number of carbonyl (C=O) groups excluding carboxylic acids is 1. The zero-order valence-electron chi connectivity index (χ0n) is 14.8. The monoisotopic (exact) mass is 348 g/mol. The van der Waals surface area contributed by atoms with Gasteiger partial charge in [0.05, 0.1) is 31.1 Å². The standard InChI is InChI=1S/C19H28N2O4/c22-19(15-23-14-18-6-2-4-12-24-18)21-10-7-17(8-11-21)25-13-16-5-1-3-9-20-16/h1,3,5,9,17-18H,2,4,6-8,10-15H2/t18-/m0/s1. The topological polar surface area (TPSA) is 60.9 Å². The van der Waals surface area contributed by atoms with Crippen molar-refractivity contribution < 1.29 is 19.0 Å². The van der Waals surface area contributed by atoms with Crippen molar-refractivity contribution in [3.05, 3.63) is 30.1 Å². The van der Waals surface area contributed by atoms with E-state index in [0.717, 1.165) is 51.1 Å². The van der Waals surface area contributed by atoms with E-state index in [9.17, 15) is 4.79 Å². The van der Waals surface area contributed by atoms with E-state index in [4.69, 9.17) is 14.2 Å². The highest BCUT2D eigenvalue weighted by Gasteiger charge is 2.23. The second-order valence-electron chi connectivity index (χ2n) is 6.72. The number of hydrogen-bond donors (Lipinski definition) is 0. The van der Waals surface area contributed by atoms with Crippen LogP contribution in [0.4, 0.5) is 0 Å². The number of hydrogen-bond acceptors (Lipinski definition) is 5. The number of nitrogens with zero attached hydrogens (tertiary/aromatic N) is 2. The molecule has 2 fully saturated rings. The highest BCUT2D eigenvalue weighted by Crippen LogP contribution is 2.16. The lowest BCUT2D eigenvalue weighted by atomic mass is 10.1. The molecule has 3 heterocycles. The summed E-state index contributed by atoms with van der Waals surface area (Å²) in [4.78, 5) is 18.4. The van der Waals surface area contributed by atoms with Crippen molar-refractivity contribution in [1.29, 1.82) is 0 Å². The lowest BCUT2D eigenvalue weighted by Crippen LogP contribution is -2.42. The Hall–Kier alpha value is -1.50. The highest BCUT2D eigenvalue weighted by molar-refractivity contribution is 5.77. The van der Waals surface area contributed by atoms with Crippen LogP contribution in [0.5, 0.6) is 0 Å². The summed E-state index contributed by atoms with van der Waals surface area (Å²) in [5.41, 5.74) is 0.944. The molecule has 2 saturated heterocycles. The van der Waals surface area contributed by atoms with Gasteiger partial charge in [0.2, 0.25) is 5.91 Å². The Kier molecular flexibility index (Phi) is 7.21. The molecular weight excluding hydrogens is 320 g/mol. The molecule has 0 aromatic carbocycles. The molecular formula is C19H28N2O4. The number of likely N-dealkylation sites (tertiary alicyclic amines) is 1. The lowest BCUT2D eigenvalue weighted by molar-refractivity contribution is -0.141. The first-order valence-electron chi connectivity index (χ1n) is 9.30. The SMILES string of the molecule is O=C(COC[C@@H]1CCCCO1)N1CCC(OCc2ccccn2)CC1. The van der Waals surface area contributed by atoms with Gasteiger partial charge in [-0.05, 0) is 44.2 Å². The maximum atomic E-state index is 12.2. The molecule has 6 nitrogen and oxygen atoms in total. The van der Waals surface area contributed by atoms with Crippen LogP contribution >= 0.6 is 0 Å². The molecule has 6 heteroatoms. The number of rotatable bonds is 7. The van der Waals surface area contributed by atoms with Crippen LogP contribution in [0.1, 0.15) is 37.8 Å². The van der Waals surface area contributed by atoms with Crippen molar-refractivity contribution in [2.24, 2.45) is 0 Å². The van der Waals surface area contributed by atoms with Gasteiger partial charge in [-0.3, -0.25) is 9.78 Å². The van der Waals surface area contributed by atoms with Crippen LogP contribution in [0.2, 0.25) is 0 Å².